The van der Waals surface area contributed by atoms with Gasteiger partial charge in [0.15, 0.2) is 0 Å². The zero-order valence-corrected chi connectivity index (χ0v) is 11.5. The zero-order chi connectivity index (χ0) is 13.0. The summed E-state index contributed by atoms with van der Waals surface area (Å²) in [6.45, 7) is 5.37. The van der Waals surface area contributed by atoms with E-state index >= 15 is 0 Å². The van der Waals surface area contributed by atoms with Crippen molar-refractivity contribution in [3.8, 4) is 0 Å². The van der Waals surface area contributed by atoms with Crippen LogP contribution in [0.3, 0.4) is 0 Å². The Morgan fingerprint density at radius 1 is 1.22 bits per heavy atom. The van der Waals surface area contributed by atoms with Crippen LogP contribution in [0.4, 0.5) is 4.39 Å². The third kappa shape index (κ3) is 4.09. The lowest BCUT2D eigenvalue weighted by Crippen LogP contribution is -2.24. The molecule has 1 aliphatic rings. The lowest BCUT2D eigenvalue weighted by atomic mass is 9.91. The molecule has 1 fully saturated rings. The van der Waals surface area contributed by atoms with E-state index in [-0.39, 0.29) is 5.82 Å². The predicted molar refractivity (Wildman–Crippen MR) is 74.2 cm³/mol. The van der Waals surface area contributed by atoms with E-state index in [1.165, 1.54) is 12.8 Å². The van der Waals surface area contributed by atoms with E-state index < -0.39 is 0 Å². The van der Waals surface area contributed by atoms with Gasteiger partial charge in [0.05, 0.1) is 0 Å². The van der Waals surface area contributed by atoms with Crippen LogP contribution in [-0.2, 0) is 0 Å². The highest BCUT2D eigenvalue weighted by molar-refractivity contribution is 5.22. The number of rotatable bonds is 7. The fraction of sp³-hybridized carbons (Fsp3) is 0.625. The quantitative estimate of drug-likeness (QED) is 0.767. The maximum Gasteiger partial charge on any atom is 0.126 e. The molecule has 1 N–H and O–H groups in total. The largest absolute Gasteiger partial charge is 0.313 e. The minimum Gasteiger partial charge on any atom is -0.313 e. The van der Waals surface area contributed by atoms with Gasteiger partial charge in [-0.25, -0.2) is 4.39 Å². The van der Waals surface area contributed by atoms with Gasteiger partial charge in [0, 0.05) is 12.6 Å². The first-order valence-electron chi connectivity index (χ1n) is 7.14. The van der Waals surface area contributed by atoms with Crippen LogP contribution in [0.2, 0.25) is 0 Å². The molecule has 2 rings (SSSR count). The summed E-state index contributed by atoms with van der Waals surface area (Å²) in [5.41, 5.74) is 0.881. The van der Waals surface area contributed by atoms with E-state index in [0.717, 1.165) is 24.9 Å². The molecule has 100 valence electrons. The normalized spacial score (nSPS) is 17.1. The van der Waals surface area contributed by atoms with Crippen LogP contribution >= 0.6 is 0 Å². The van der Waals surface area contributed by atoms with Gasteiger partial charge < -0.3 is 5.32 Å². The molecule has 1 nitrogen and oxygen atoms in total. The van der Waals surface area contributed by atoms with Crippen molar-refractivity contribution in [3.63, 3.8) is 0 Å². The Balaban J connectivity index is 1.99. The summed E-state index contributed by atoms with van der Waals surface area (Å²) in [6, 6.07) is 7.92. The first-order chi connectivity index (χ1) is 8.66. The van der Waals surface area contributed by atoms with Gasteiger partial charge in [0.25, 0.3) is 0 Å². The van der Waals surface area contributed by atoms with Gasteiger partial charge in [-0.05, 0) is 42.7 Å². The van der Waals surface area contributed by atoms with Crippen LogP contribution in [0.5, 0.6) is 0 Å². The molecule has 0 radical (unpaired) electrons. The van der Waals surface area contributed by atoms with Crippen LogP contribution in [0, 0.1) is 11.7 Å². The first kappa shape index (κ1) is 13.5. The number of hydrogen-bond acceptors (Lipinski definition) is 1. The van der Waals surface area contributed by atoms with Crippen molar-refractivity contribution in [3.05, 3.63) is 35.6 Å². The highest BCUT2D eigenvalue weighted by atomic mass is 19.1. The van der Waals surface area contributed by atoms with Crippen LogP contribution < -0.4 is 5.32 Å². The molecule has 0 spiro atoms. The van der Waals surface area contributed by atoms with Crippen molar-refractivity contribution in [2.75, 3.05) is 6.54 Å². The van der Waals surface area contributed by atoms with Crippen LogP contribution in [0.25, 0.3) is 0 Å². The molecule has 1 atom stereocenters. The second-order valence-electron chi connectivity index (χ2n) is 5.87. The minimum atomic E-state index is -0.0520. The van der Waals surface area contributed by atoms with E-state index in [1.54, 1.807) is 12.1 Å². The summed E-state index contributed by atoms with van der Waals surface area (Å²) in [4.78, 5) is 0. The average molecular weight is 249 g/mol. The standard InChI is InChI=1S/C16H24FN/c1-12(2)7-8-13(11-18-14-9-10-14)15-5-3-4-6-16(15)17/h3-6,12-14,18H,7-11H2,1-2H3. The number of nitrogens with one attached hydrogen (secondary N) is 1. The van der Waals surface area contributed by atoms with Gasteiger partial charge in [0.1, 0.15) is 5.82 Å². The van der Waals surface area contributed by atoms with Gasteiger partial charge >= 0.3 is 0 Å². The third-order valence-electron chi connectivity index (χ3n) is 3.67. The van der Waals surface area contributed by atoms with Gasteiger partial charge in [-0.15, -0.1) is 0 Å². The SMILES string of the molecule is CC(C)CCC(CNC1CC1)c1ccccc1F. The molecule has 0 saturated heterocycles. The van der Waals surface area contributed by atoms with Gasteiger partial charge in [-0.3, -0.25) is 0 Å². The summed E-state index contributed by atoms with van der Waals surface area (Å²) < 4.78 is 13.9. The molecule has 1 aromatic carbocycles. The Hall–Kier alpha value is -0.890. The van der Waals surface area contributed by atoms with Crippen LogP contribution in [0.15, 0.2) is 24.3 Å². The fourth-order valence-corrected chi connectivity index (χ4v) is 2.30. The topological polar surface area (TPSA) is 12.0 Å². The Kier molecular flexibility index (Phi) is 4.76. The highest BCUT2D eigenvalue weighted by Gasteiger charge is 2.23. The van der Waals surface area contributed by atoms with Gasteiger partial charge in [-0.1, -0.05) is 38.5 Å². The Bertz CT molecular complexity index is 365. The van der Waals surface area contributed by atoms with Crippen molar-refractivity contribution in [1.29, 1.82) is 0 Å². The third-order valence-corrected chi connectivity index (χ3v) is 3.67. The summed E-state index contributed by atoms with van der Waals surface area (Å²) in [6.07, 6.45) is 4.80. The maximum atomic E-state index is 13.9. The number of halogens is 1. The van der Waals surface area contributed by atoms with E-state index in [9.17, 15) is 4.39 Å². The molecule has 2 heteroatoms. The smallest absolute Gasteiger partial charge is 0.126 e. The number of hydrogen-bond donors (Lipinski definition) is 1. The van der Waals surface area contributed by atoms with E-state index in [1.807, 2.05) is 12.1 Å². The molecule has 1 unspecified atom stereocenters. The average Bonchev–Trinajstić information content (AvgIpc) is 3.14. The Labute approximate surface area is 110 Å². The molecule has 18 heavy (non-hydrogen) atoms. The van der Waals surface area contributed by atoms with Crippen molar-refractivity contribution in [2.45, 2.75) is 51.5 Å². The predicted octanol–water partition coefficient (Wildman–Crippen LogP) is 4.10. The van der Waals surface area contributed by atoms with E-state index in [0.29, 0.717) is 17.9 Å². The van der Waals surface area contributed by atoms with Crippen molar-refractivity contribution >= 4 is 0 Å². The second kappa shape index (κ2) is 6.33. The fourth-order valence-electron chi connectivity index (χ4n) is 2.30. The Morgan fingerprint density at radius 3 is 2.56 bits per heavy atom. The second-order valence-corrected chi connectivity index (χ2v) is 5.87. The molecular weight excluding hydrogens is 225 g/mol. The molecular formula is C16H24FN. The molecule has 1 aliphatic carbocycles. The lowest BCUT2D eigenvalue weighted by Gasteiger charge is -2.19. The zero-order valence-electron chi connectivity index (χ0n) is 11.5. The van der Waals surface area contributed by atoms with Crippen LogP contribution in [-0.4, -0.2) is 12.6 Å². The first-order valence-corrected chi connectivity index (χ1v) is 7.14. The molecule has 0 aliphatic heterocycles. The summed E-state index contributed by atoms with van der Waals surface area (Å²) in [7, 11) is 0. The molecule has 0 bridgehead atoms. The van der Waals surface area contributed by atoms with E-state index in [4.69, 9.17) is 0 Å². The molecule has 0 heterocycles. The Morgan fingerprint density at radius 2 is 1.94 bits per heavy atom. The highest BCUT2D eigenvalue weighted by Crippen LogP contribution is 2.27. The number of benzene rings is 1. The lowest BCUT2D eigenvalue weighted by molar-refractivity contribution is 0.461. The summed E-state index contributed by atoms with van der Waals surface area (Å²) in [5, 5.41) is 3.54. The van der Waals surface area contributed by atoms with Crippen LogP contribution in [0.1, 0.15) is 51.0 Å². The van der Waals surface area contributed by atoms with Crippen molar-refractivity contribution < 1.29 is 4.39 Å². The summed E-state index contributed by atoms with van der Waals surface area (Å²) >= 11 is 0. The van der Waals surface area contributed by atoms with E-state index in [2.05, 4.69) is 19.2 Å². The van der Waals surface area contributed by atoms with Crippen molar-refractivity contribution in [1.82, 2.24) is 5.32 Å². The molecule has 1 aromatic rings. The minimum absolute atomic E-state index is 0.0520. The molecule has 0 aromatic heterocycles. The monoisotopic (exact) mass is 249 g/mol. The summed E-state index contributed by atoms with van der Waals surface area (Å²) in [5.74, 6) is 0.943. The van der Waals surface area contributed by atoms with Gasteiger partial charge in [0.2, 0.25) is 0 Å². The van der Waals surface area contributed by atoms with Crippen molar-refractivity contribution in [2.24, 2.45) is 5.92 Å². The molecule has 1 saturated carbocycles. The van der Waals surface area contributed by atoms with Gasteiger partial charge in [-0.2, -0.15) is 0 Å². The maximum absolute atomic E-state index is 13.9. The molecule has 0 amide bonds.